The number of hydrogen-bond acceptors (Lipinski definition) is 5. The molecule has 0 bridgehead atoms. The summed E-state index contributed by atoms with van der Waals surface area (Å²) in [6.07, 6.45) is 2.53. The standard InChI is InChI=1S/C10H15N5S/c1-7-8(2)16-10(13-7)11-5-4-9-12-6-15(3)14-9/h6H,4-5H2,1-3H3,(H,11,13). The summed E-state index contributed by atoms with van der Waals surface area (Å²) in [5.41, 5.74) is 1.10. The Morgan fingerprint density at radius 2 is 2.25 bits per heavy atom. The summed E-state index contributed by atoms with van der Waals surface area (Å²) < 4.78 is 1.72. The van der Waals surface area contributed by atoms with E-state index in [-0.39, 0.29) is 0 Å². The normalized spacial score (nSPS) is 10.7. The van der Waals surface area contributed by atoms with E-state index in [1.54, 1.807) is 22.3 Å². The molecule has 0 aliphatic heterocycles. The molecule has 0 saturated carbocycles. The number of nitrogens with zero attached hydrogens (tertiary/aromatic N) is 4. The van der Waals surface area contributed by atoms with Crippen LogP contribution in [0.3, 0.4) is 0 Å². The summed E-state index contributed by atoms with van der Waals surface area (Å²) in [7, 11) is 1.87. The molecule has 16 heavy (non-hydrogen) atoms. The Bertz CT molecular complexity index is 454. The number of aryl methyl sites for hydroxylation is 3. The summed E-state index contributed by atoms with van der Waals surface area (Å²) in [4.78, 5) is 9.84. The maximum atomic E-state index is 4.41. The molecular formula is C10H15N5S. The summed E-state index contributed by atoms with van der Waals surface area (Å²) in [6.45, 7) is 4.92. The van der Waals surface area contributed by atoms with E-state index in [1.807, 2.05) is 14.0 Å². The highest BCUT2D eigenvalue weighted by atomic mass is 32.1. The van der Waals surface area contributed by atoms with Crippen molar-refractivity contribution in [3.05, 3.63) is 22.7 Å². The van der Waals surface area contributed by atoms with Gasteiger partial charge in [-0.3, -0.25) is 4.68 Å². The van der Waals surface area contributed by atoms with Crippen molar-refractivity contribution in [2.45, 2.75) is 20.3 Å². The average Bonchev–Trinajstić information content (AvgIpc) is 2.75. The molecule has 2 heterocycles. The summed E-state index contributed by atoms with van der Waals surface area (Å²) >= 11 is 1.69. The van der Waals surface area contributed by atoms with E-state index in [4.69, 9.17) is 0 Å². The molecule has 6 heteroatoms. The monoisotopic (exact) mass is 237 g/mol. The molecule has 1 N–H and O–H groups in total. The molecule has 0 fully saturated rings. The van der Waals surface area contributed by atoms with Gasteiger partial charge in [0.15, 0.2) is 11.0 Å². The molecule has 0 saturated heterocycles. The molecule has 0 radical (unpaired) electrons. The molecule has 86 valence electrons. The molecule has 0 spiro atoms. The maximum Gasteiger partial charge on any atom is 0.183 e. The largest absolute Gasteiger partial charge is 0.361 e. The molecule has 0 aliphatic carbocycles. The number of hydrogen-bond donors (Lipinski definition) is 1. The zero-order chi connectivity index (χ0) is 11.5. The van der Waals surface area contributed by atoms with Crippen LogP contribution in [0.4, 0.5) is 5.13 Å². The van der Waals surface area contributed by atoms with Gasteiger partial charge in [0.1, 0.15) is 6.33 Å². The Morgan fingerprint density at radius 1 is 1.44 bits per heavy atom. The zero-order valence-corrected chi connectivity index (χ0v) is 10.5. The van der Waals surface area contributed by atoms with Gasteiger partial charge >= 0.3 is 0 Å². The lowest BCUT2D eigenvalue weighted by Gasteiger charge is -1.98. The molecule has 0 unspecified atom stereocenters. The third-order valence-electron chi connectivity index (χ3n) is 2.30. The molecule has 0 aliphatic rings. The highest BCUT2D eigenvalue weighted by Gasteiger charge is 2.03. The minimum Gasteiger partial charge on any atom is -0.361 e. The predicted octanol–water partition coefficient (Wildman–Crippen LogP) is 1.54. The van der Waals surface area contributed by atoms with Gasteiger partial charge in [0, 0.05) is 24.9 Å². The van der Waals surface area contributed by atoms with Crippen molar-refractivity contribution in [1.29, 1.82) is 0 Å². The van der Waals surface area contributed by atoms with E-state index in [0.717, 1.165) is 29.6 Å². The summed E-state index contributed by atoms with van der Waals surface area (Å²) in [6, 6.07) is 0. The number of nitrogens with one attached hydrogen (secondary N) is 1. The Hall–Kier alpha value is -1.43. The van der Waals surface area contributed by atoms with Crippen LogP contribution in [0.5, 0.6) is 0 Å². The van der Waals surface area contributed by atoms with Crippen molar-refractivity contribution < 1.29 is 0 Å². The van der Waals surface area contributed by atoms with Gasteiger partial charge in [0.25, 0.3) is 0 Å². The smallest absolute Gasteiger partial charge is 0.183 e. The minimum atomic E-state index is 0.816. The van der Waals surface area contributed by atoms with Crippen LogP contribution < -0.4 is 5.32 Å². The van der Waals surface area contributed by atoms with E-state index in [2.05, 4.69) is 27.3 Å². The Kier molecular flexibility index (Phi) is 3.19. The van der Waals surface area contributed by atoms with Crippen LogP contribution in [0.15, 0.2) is 6.33 Å². The summed E-state index contributed by atoms with van der Waals surface area (Å²) in [5.74, 6) is 0.861. The topological polar surface area (TPSA) is 55.6 Å². The number of anilines is 1. The molecular weight excluding hydrogens is 222 g/mol. The molecule has 0 amide bonds. The minimum absolute atomic E-state index is 0.816. The average molecular weight is 237 g/mol. The first-order valence-electron chi connectivity index (χ1n) is 5.17. The van der Waals surface area contributed by atoms with Gasteiger partial charge in [0.05, 0.1) is 5.69 Å². The van der Waals surface area contributed by atoms with E-state index >= 15 is 0 Å². The Balaban J connectivity index is 1.84. The molecule has 2 rings (SSSR count). The van der Waals surface area contributed by atoms with Crippen LogP contribution in [-0.4, -0.2) is 26.3 Å². The van der Waals surface area contributed by atoms with Crippen LogP contribution in [0, 0.1) is 13.8 Å². The first-order chi connectivity index (χ1) is 7.65. The van der Waals surface area contributed by atoms with E-state index in [0.29, 0.717) is 0 Å². The Labute approximate surface area is 98.5 Å². The van der Waals surface area contributed by atoms with Gasteiger partial charge in [-0.05, 0) is 13.8 Å². The molecule has 0 aromatic carbocycles. The van der Waals surface area contributed by atoms with Gasteiger partial charge in [-0.1, -0.05) is 0 Å². The molecule has 2 aromatic heterocycles. The van der Waals surface area contributed by atoms with E-state index < -0.39 is 0 Å². The van der Waals surface area contributed by atoms with Crippen LogP contribution in [0.1, 0.15) is 16.4 Å². The van der Waals surface area contributed by atoms with E-state index in [9.17, 15) is 0 Å². The van der Waals surface area contributed by atoms with Crippen molar-refractivity contribution in [3.63, 3.8) is 0 Å². The van der Waals surface area contributed by atoms with E-state index in [1.165, 1.54) is 4.88 Å². The lowest BCUT2D eigenvalue weighted by Crippen LogP contribution is -2.06. The van der Waals surface area contributed by atoms with Gasteiger partial charge in [-0.25, -0.2) is 9.97 Å². The highest BCUT2D eigenvalue weighted by Crippen LogP contribution is 2.20. The first-order valence-corrected chi connectivity index (χ1v) is 5.99. The Morgan fingerprint density at radius 3 is 2.81 bits per heavy atom. The van der Waals surface area contributed by atoms with Crippen molar-refractivity contribution in [2.24, 2.45) is 7.05 Å². The molecule has 2 aromatic rings. The second-order valence-electron chi connectivity index (χ2n) is 3.67. The van der Waals surface area contributed by atoms with Gasteiger partial charge in [0.2, 0.25) is 0 Å². The fraction of sp³-hybridized carbons (Fsp3) is 0.500. The van der Waals surface area contributed by atoms with Gasteiger partial charge < -0.3 is 5.32 Å². The lowest BCUT2D eigenvalue weighted by molar-refractivity contribution is 0.742. The van der Waals surface area contributed by atoms with Gasteiger partial charge in [-0.15, -0.1) is 11.3 Å². The van der Waals surface area contributed by atoms with Crippen LogP contribution >= 0.6 is 11.3 Å². The SMILES string of the molecule is Cc1nc(NCCc2ncn(C)n2)sc1C. The number of aromatic nitrogens is 4. The second kappa shape index (κ2) is 4.61. The van der Waals surface area contributed by atoms with Crippen molar-refractivity contribution in [1.82, 2.24) is 19.7 Å². The van der Waals surface area contributed by atoms with Crippen LogP contribution in [0.25, 0.3) is 0 Å². The highest BCUT2D eigenvalue weighted by molar-refractivity contribution is 7.15. The predicted molar refractivity (Wildman–Crippen MR) is 64.8 cm³/mol. The van der Waals surface area contributed by atoms with Crippen LogP contribution in [0.2, 0.25) is 0 Å². The quantitative estimate of drug-likeness (QED) is 0.876. The fourth-order valence-electron chi connectivity index (χ4n) is 1.33. The molecule has 5 nitrogen and oxygen atoms in total. The third-order valence-corrected chi connectivity index (χ3v) is 3.33. The molecule has 0 atom stereocenters. The van der Waals surface area contributed by atoms with Crippen molar-refractivity contribution in [2.75, 3.05) is 11.9 Å². The van der Waals surface area contributed by atoms with Crippen molar-refractivity contribution >= 4 is 16.5 Å². The van der Waals surface area contributed by atoms with Crippen molar-refractivity contribution in [3.8, 4) is 0 Å². The zero-order valence-electron chi connectivity index (χ0n) is 9.69. The number of thiazole rings is 1. The maximum absolute atomic E-state index is 4.41. The number of rotatable bonds is 4. The van der Waals surface area contributed by atoms with Crippen LogP contribution in [-0.2, 0) is 13.5 Å². The fourth-order valence-corrected chi connectivity index (χ4v) is 2.17. The second-order valence-corrected chi connectivity index (χ2v) is 4.88. The van der Waals surface area contributed by atoms with Gasteiger partial charge in [-0.2, -0.15) is 5.10 Å². The third kappa shape index (κ3) is 2.57. The first kappa shape index (κ1) is 11.1. The summed E-state index contributed by atoms with van der Waals surface area (Å²) in [5, 5.41) is 8.47. The lowest BCUT2D eigenvalue weighted by atomic mass is 10.4.